The summed E-state index contributed by atoms with van der Waals surface area (Å²) in [5, 5.41) is 7.76. The van der Waals surface area contributed by atoms with Crippen LogP contribution in [0.25, 0.3) is 22.8 Å². The summed E-state index contributed by atoms with van der Waals surface area (Å²) in [5.41, 5.74) is 3.30. The number of carbonyl (C=O) groups is 1. The predicted octanol–water partition coefficient (Wildman–Crippen LogP) is 5.44. The number of hydrogen-bond donors (Lipinski definition) is 1. The van der Waals surface area contributed by atoms with E-state index in [2.05, 4.69) is 15.5 Å². The fourth-order valence-electron chi connectivity index (χ4n) is 3.48. The third-order valence-electron chi connectivity index (χ3n) is 5.15. The first-order valence-corrected chi connectivity index (χ1v) is 10.9. The Morgan fingerprint density at radius 2 is 1.79 bits per heavy atom. The van der Waals surface area contributed by atoms with E-state index in [9.17, 15) is 9.59 Å². The van der Waals surface area contributed by atoms with Crippen LogP contribution in [0.4, 0.5) is 5.69 Å². The maximum absolute atomic E-state index is 13.3. The number of benzene rings is 2. The fraction of sp³-hybridized carbons (Fsp3) is 0.167. The zero-order chi connectivity index (χ0) is 23.7. The van der Waals surface area contributed by atoms with E-state index in [4.69, 9.17) is 27.7 Å². The van der Waals surface area contributed by atoms with Gasteiger partial charge in [-0.2, -0.15) is 4.98 Å². The molecule has 33 heavy (non-hydrogen) atoms. The Balaban J connectivity index is 1.64. The molecule has 0 aliphatic carbocycles. The lowest BCUT2D eigenvalue weighted by atomic mass is 10.1. The fourth-order valence-corrected chi connectivity index (χ4v) is 3.89. The molecule has 0 saturated heterocycles. The van der Waals surface area contributed by atoms with Gasteiger partial charge in [-0.15, -0.1) is 0 Å². The van der Waals surface area contributed by atoms with Gasteiger partial charge in [0.25, 0.3) is 11.4 Å². The number of nitrogens with zero attached hydrogens (tertiary/aromatic N) is 3. The van der Waals surface area contributed by atoms with Crippen molar-refractivity contribution in [3.63, 3.8) is 0 Å². The molecule has 168 valence electrons. The average molecular weight is 483 g/mol. The summed E-state index contributed by atoms with van der Waals surface area (Å²) in [5.74, 6) is 0.0330. The lowest BCUT2D eigenvalue weighted by Crippen LogP contribution is -2.30. The molecule has 0 spiro atoms. The largest absolute Gasteiger partial charge is 0.333 e. The first-order chi connectivity index (χ1) is 15.7. The Hall–Kier alpha value is -3.42. The molecule has 4 rings (SSSR count). The molecule has 0 unspecified atom stereocenters. The number of hydrogen-bond acceptors (Lipinski definition) is 5. The minimum absolute atomic E-state index is 0.0817. The first kappa shape index (κ1) is 22.8. The topological polar surface area (TPSA) is 90.0 Å². The van der Waals surface area contributed by atoms with E-state index in [-0.39, 0.29) is 23.9 Å². The highest BCUT2D eigenvalue weighted by Gasteiger charge is 2.20. The summed E-state index contributed by atoms with van der Waals surface area (Å²) in [6.45, 7) is 5.26. The third-order valence-corrected chi connectivity index (χ3v) is 5.71. The summed E-state index contributed by atoms with van der Waals surface area (Å²) in [4.78, 5) is 30.4. The van der Waals surface area contributed by atoms with Crippen molar-refractivity contribution < 1.29 is 9.32 Å². The van der Waals surface area contributed by atoms with E-state index < -0.39 is 5.56 Å². The SMILES string of the molecule is Cc1ccc(NC(=O)Cn2c(C)cc(C)c(-c3nc(-c4ccc(Cl)cc4)no3)c2=O)c(Cl)c1. The van der Waals surface area contributed by atoms with Gasteiger partial charge < -0.3 is 14.4 Å². The van der Waals surface area contributed by atoms with Gasteiger partial charge >= 0.3 is 0 Å². The maximum atomic E-state index is 13.3. The van der Waals surface area contributed by atoms with E-state index in [0.717, 1.165) is 5.56 Å². The number of nitrogens with one attached hydrogen (secondary N) is 1. The van der Waals surface area contributed by atoms with Crippen molar-refractivity contribution in [3.05, 3.63) is 85.8 Å². The van der Waals surface area contributed by atoms with Crippen molar-refractivity contribution in [3.8, 4) is 22.8 Å². The summed E-state index contributed by atoms with van der Waals surface area (Å²) in [6.07, 6.45) is 0. The first-order valence-electron chi connectivity index (χ1n) is 10.1. The molecular formula is C24H20Cl2N4O3. The summed E-state index contributed by atoms with van der Waals surface area (Å²) < 4.78 is 6.76. The standard InChI is InChI=1S/C24H20Cl2N4O3/c1-13-4-9-19(18(26)10-13)27-20(31)12-30-15(3)11-14(2)21(24(30)32)23-28-22(29-33-23)16-5-7-17(25)8-6-16/h4-11H,12H2,1-3H3,(H,27,31). The molecule has 9 heteroatoms. The molecule has 1 amide bonds. The van der Waals surface area contributed by atoms with Crippen molar-refractivity contribution in [1.82, 2.24) is 14.7 Å². The second kappa shape index (κ2) is 9.21. The quantitative estimate of drug-likeness (QED) is 0.409. The summed E-state index contributed by atoms with van der Waals surface area (Å²) >= 11 is 12.1. The van der Waals surface area contributed by atoms with Crippen LogP contribution >= 0.6 is 23.2 Å². The number of halogens is 2. The monoisotopic (exact) mass is 482 g/mol. The van der Waals surface area contributed by atoms with Gasteiger partial charge in [-0.3, -0.25) is 9.59 Å². The zero-order valence-corrected chi connectivity index (χ0v) is 19.7. The Morgan fingerprint density at radius 1 is 1.06 bits per heavy atom. The van der Waals surface area contributed by atoms with Crippen LogP contribution in [0.2, 0.25) is 10.0 Å². The van der Waals surface area contributed by atoms with Crippen LogP contribution in [0.1, 0.15) is 16.8 Å². The van der Waals surface area contributed by atoms with Crippen LogP contribution in [0.15, 0.2) is 57.8 Å². The predicted molar refractivity (Wildman–Crippen MR) is 129 cm³/mol. The average Bonchev–Trinajstić information content (AvgIpc) is 3.23. The Labute approximate surface area is 200 Å². The van der Waals surface area contributed by atoms with Gasteiger partial charge in [0.1, 0.15) is 12.1 Å². The number of carbonyl (C=O) groups excluding carboxylic acids is 1. The molecule has 0 saturated carbocycles. The number of pyridine rings is 1. The molecule has 2 aromatic carbocycles. The van der Waals surface area contributed by atoms with Gasteiger partial charge in [0.15, 0.2) is 0 Å². The molecule has 0 fully saturated rings. The van der Waals surface area contributed by atoms with E-state index in [1.54, 1.807) is 56.3 Å². The smallest absolute Gasteiger partial charge is 0.264 e. The lowest BCUT2D eigenvalue weighted by Gasteiger charge is -2.14. The minimum Gasteiger partial charge on any atom is -0.333 e. The summed E-state index contributed by atoms with van der Waals surface area (Å²) in [6, 6.07) is 14.1. The Kier molecular flexibility index (Phi) is 6.35. The van der Waals surface area contributed by atoms with Gasteiger partial charge in [0, 0.05) is 16.3 Å². The van der Waals surface area contributed by atoms with Gasteiger partial charge in [-0.05, 0) is 74.4 Å². The molecule has 1 N–H and O–H groups in total. The molecule has 0 atom stereocenters. The maximum Gasteiger partial charge on any atom is 0.264 e. The molecule has 0 radical (unpaired) electrons. The molecule has 0 aliphatic heterocycles. The highest BCUT2D eigenvalue weighted by Crippen LogP contribution is 2.25. The second-order valence-electron chi connectivity index (χ2n) is 7.70. The number of anilines is 1. The number of amides is 1. The molecule has 0 aliphatic rings. The van der Waals surface area contributed by atoms with Crippen LogP contribution in [0.5, 0.6) is 0 Å². The van der Waals surface area contributed by atoms with Crippen molar-refractivity contribution in [1.29, 1.82) is 0 Å². The number of aryl methyl sites for hydroxylation is 3. The molecule has 2 heterocycles. The Bertz CT molecular complexity index is 1410. The zero-order valence-electron chi connectivity index (χ0n) is 18.1. The lowest BCUT2D eigenvalue weighted by molar-refractivity contribution is -0.116. The number of rotatable bonds is 5. The van der Waals surface area contributed by atoms with Crippen molar-refractivity contribution in [2.45, 2.75) is 27.3 Å². The van der Waals surface area contributed by atoms with Crippen LogP contribution in [-0.4, -0.2) is 20.6 Å². The Morgan fingerprint density at radius 3 is 2.48 bits per heavy atom. The number of aromatic nitrogens is 3. The molecule has 7 nitrogen and oxygen atoms in total. The summed E-state index contributed by atoms with van der Waals surface area (Å²) in [7, 11) is 0. The van der Waals surface area contributed by atoms with Gasteiger partial charge in [-0.1, -0.05) is 34.4 Å². The van der Waals surface area contributed by atoms with Gasteiger partial charge in [0.05, 0.1) is 10.7 Å². The van der Waals surface area contributed by atoms with Crippen molar-refractivity contribution in [2.75, 3.05) is 5.32 Å². The van der Waals surface area contributed by atoms with Crippen LogP contribution in [0.3, 0.4) is 0 Å². The molecule has 0 bridgehead atoms. The minimum atomic E-state index is -0.399. The second-order valence-corrected chi connectivity index (χ2v) is 8.54. The van der Waals surface area contributed by atoms with Crippen molar-refractivity contribution >= 4 is 34.8 Å². The van der Waals surface area contributed by atoms with Crippen LogP contribution in [-0.2, 0) is 11.3 Å². The normalized spacial score (nSPS) is 10.9. The van der Waals surface area contributed by atoms with Gasteiger partial charge in [-0.25, -0.2) is 0 Å². The van der Waals surface area contributed by atoms with E-state index in [1.165, 1.54) is 4.57 Å². The van der Waals surface area contributed by atoms with Crippen LogP contribution < -0.4 is 10.9 Å². The van der Waals surface area contributed by atoms with Gasteiger partial charge in [0.2, 0.25) is 11.7 Å². The van der Waals surface area contributed by atoms with E-state index in [1.807, 2.05) is 13.0 Å². The highest BCUT2D eigenvalue weighted by atomic mass is 35.5. The van der Waals surface area contributed by atoms with E-state index >= 15 is 0 Å². The molecule has 4 aromatic rings. The highest BCUT2D eigenvalue weighted by molar-refractivity contribution is 6.33. The van der Waals surface area contributed by atoms with E-state index in [0.29, 0.717) is 38.4 Å². The van der Waals surface area contributed by atoms with Crippen LogP contribution in [0, 0.1) is 20.8 Å². The third kappa shape index (κ3) is 4.84. The molecule has 2 aromatic heterocycles. The van der Waals surface area contributed by atoms with Crippen molar-refractivity contribution in [2.24, 2.45) is 0 Å². The molecular weight excluding hydrogens is 463 g/mol.